The SMILES string of the molecule is CCC(Cl)C(=O)c1ccc(OC)cc1Cl. The molecule has 0 N–H and O–H groups in total. The Bertz CT molecular complexity index is 364. The summed E-state index contributed by atoms with van der Waals surface area (Å²) >= 11 is 11.8. The number of rotatable bonds is 4. The van der Waals surface area contributed by atoms with Gasteiger partial charge in [-0.05, 0) is 24.6 Å². The Kier molecular flexibility index (Phi) is 4.43. The Morgan fingerprint density at radius 3 is 2.67 bits per heavy atom. The number of ether oxygens (including phenoxy) is 1. The van der Waals surface area contributed by atoms with Crippen molar-refractivity contribution in [3.63, 3.8) is 0 Å². The monoisotopic (exact) mass is 246 g/mol. The quantitative estimate of drug-likeness (QED) is 0.600. The lowest BCUT2D eigenvalue weighted by molar-refractivity contribution is 0.0986. The Hall–Kier alpha value is -0.730. The number of benzene rings is 1. The number of hydrogen-bond acceptors (Lipinski definition) is 2. The Labute approximate surface area is 99.1 Å². The van der Waals surface area contributed by atoms with Gasteiger partial charge in [-0.3, -0.25) is 4.79 Å². The van der Waals surface area contributed by atoms with Gasteiger partial charge < -0.3 is 4.74 Å². The molecule has 4 heteroatoms. The van der Waals surface area contributed by atoms with E-state index in [1.54, 1.807) is 25.3 Å². The van der Waals surface area contributed by atoms with Crippen LogP contribution in [-0.4, -0.2) is 18.3 Å². The summed E-state index contributed by atoms with van der Waals surface area (Å²) in [5, 5.41) is -0.144. The fraction of sp³-hybridized carbons (Fsp3) is 0.364. The largest absolute Gasteiger partial charge is 0.497 e. The summed E-state index contributed by atoms with van der Waals surface area (Å²) in [6, 6.07) is 4.93. The molecule has 0 bridgehead atoms. The number of carbonyl (C=O) groups is 1. The molecule has 1 atom stereocenters. The third kappa shape index (κ3) is 2.86. The Balaban J connectivity index is 3.00. The van der Waals surface area contributed by atoms with Crippen LogP contribution in [0.1, 0.15) is 23.7 Å². The third-order valence-corrected chi connectivity index (χ3v) is 2.90. The van der Waals surface area contributed by atoms with Crippen molar-refractivity contribution >= 4 is 29.0 Å². The van der Waals surface area contributed by atoms with Crippen LogP contribution in [0.5, 0.6) is 5.75 Å². The molecule has 0 radical (unpaired) electrons. The van der Waals surface area contributed by atoms with E-state index in [9.17, 15) is 4.79 Å². The first kappa shape index (κ1) is 12.3. The summed E-state index contributed by atoms with van der Waals surface area (Å²) in [6.07, 6.45) is 0.586. The van der Waals surface area contributed by atoms with Crippen molar-refractivity contribution in [2.24, 2.45) is 0 Å². The van der Waals surface area contributed by atoms with Crippen LogP contribution < -0.4 is 4.74 Å². The minimum absolute atomic E-state index is 0.146. The number of ketones is 1. The van der Waals surface area contributed by atoms with Crippen molar-refractivity contribution in [3.05, 3.63) is 28.8 Å². The summed E-state index contributed by atoms with van der Waals surface area (Å²) in [7, 11) is 1.55. The number of halogens is 2. The number of alkyl halides is 1. The lowest BCUT2D eigenvalue weighted by Crippen LogP contribution is -2.13. The zero-order chi connectivity index (χ0) is 11.4. The van der Waals surface area contributed by atoms with E-state index in [1.807, 2.05) is 6.92 Å². The van der Waals surface area contributed by atoms with Crippen LogP contribution in [0, 0.1) is 0 Å². The second kappa shape index (κ2) is 5.38. The lowest BCUT2D eigenvalue weighted by Gasteiger charge is -2.08. The molecule has 0 aromatic heterocycles. The van der Waals surface area contributed by atoms with Crippen LogP contribution in [0.15, 0.2) is 18.2 Å². The fourth-order valence-electron chi connectivity index (χ4n) is 1.18. The van der Waals surface area contributed by atoms with Gasteiger partial charge in [0.25, 0.3) is 0 Å². The molecule has 0 aliphatic rings. The molecule has 0 fully saturated rings. The molecular weight excluding hydrogens is 235 g/mol. The average Bonchev–Trinajstić information content (AvgIpc) is 2.26. The average molecular weight is 247 g/mol. The van der Waals surface area contributed by atoms with E-state index >= 15 is 0 Å². The molecule has 2 nitrogen and oxygen atoms in total. The zero-order valence-corrected chi connectivity index (χ0v) is 10.1. The number of Topliss-reactive ketones (excluding diaryl/α,β-unsaturated/α-hetero) is 1. The maximum Gasteiger partial charge on any atom is 0.182 e. The van der Waals surface area contributed by atoms with Crippen molar-refractivity contribution in [1.82, 2.24) is 0 Å². The van der Waals surface area contributed by atoms with Crippen molar-refractivity contribution < 1.29 is 9.53 Å². The number of carbonyl (C=O) groups excluding carboxylic acids is 1. The van der Waals surface area contributed by atoms with Crippen molar-refractivity contribution in [3.8, 4) is 5.75 Å². The summed E-state index contributed by atoms with van der Waals surface area (Å²) in [4.78, 5) is 11.7. The zero-order valence-electron chi connectivity index (χ0n) is 8.59. The smallest absolute Gasteiger partial charge is 0.182 e. The van der Waals surface area contributed by atoms with E-state index in [1.165, 1.54) is 0 Å². The summed E-state index contributed by atoms with van der Waals surface area (Å²) in [5.74, 6) is 0.478. The van der Waals surface area contributed by atoms with E-state index in [0.29, 0.717) is 22.8 Å². The molecule has 1 aromatic rings. The third-order valence-electron chi connectivity index (χ3n) is 2.08. The molecule has 0 saturated heterocycles. The normalized spacial score (nSPS) is 12.3. The highest BCUT2D eigenvalue weighted by atomic mass is 35.5. The topological polar surface area (TPSA) is 26.3 Å². The van der Waals surface area contributed by atoms with Crippen LogP contribution in [0.4, 0.5) is 0 Å². The standard InChI is InChI=1S/C11H12Cl2O2/c1-3-9(12)11(14)8-5-4-7(15-2)6-10(8)13/h4-6,9H,3H2,1-2H3. The van der Waals surface area contributed by atoms with Gasteiger partial charge in [-0.25, -0.2) is 0 Å². The van der Waals surface area contributed by atoms with E-state index in [-0.39, 0.29) is 5.78 Å². The molecule has 0 amide bonds. The molecule has 0 aliphatic carbocycles. The molecule has 0 saturated carbocycles. The van der Waals surface area contributed by atoms with Gasteiger partial charge >= 0.3 is 0 Å². The summed E-state index contributed by atoms with van der Waals surface area (Å²) in [6.45, 7) is 1.85. The maximum absolute atomic E-state index is 11.7. The van der Waals surface area contributed by atoms with Crippen molar-refractivity contribution in [2.75, 3.05) is 7.11 Å². The van der Waals surface area contributed by atoms with E-state index in [4.69, 9.17) is 27.9 Å². The van der Waals surface area contributed by atoms with Gasteiger partial charge in [0.15, 0.2) is 5.78 Å². The molecule has 0 heterocycles. The van der Waals surface area contributed by atoms with Crippen molar-refractivity contribution in [1.29, 1.82) is 0 Å². The highest BCUT2D eigenvalue weighted by Gasteiger charge is 2.18. The second-order valence-electron chi connectivity index (χ2n) is 3.09. The Morgan fingerprint density at radius 2 is 2.20 bits per heavy atom. The highest BCUT2D eigenvalue weighted by Crippen LogP contribution is 2.24. The summed E-state index contributed by atoms with van der Waals surface area (Å²) < 4.78 is 4.99. The van der Waals surface area contributed by atoms with Crippen LogP contribution in [0.2, 0.25) is 5.02 Å². The highest BCUT2D eigenvalue weighted by molar-refractivity contribution is 6.39. The van der Waals surface area contributed by atoms with Gasteiger partial charge in [-0.2, -0.15) is 0 Å². The molecule has 1 aromatic carbocycles. The molecule has 1 rings (SSSR count). The first-order valence-corrected chi connectivity index (χ1v) is 5.43. The van der Waals surface area contributed by atoms with E-state index in [2.05, 4.69) is 0 Å². The first-order chi connectivity index (χ1) is 7.10. The predicted molar refractivity (Wildman–Crippen MR) is 62.3 cm³/mol. The van der Waals surface area contributed by atoms with Gasteiger partial charge in [-0.15, -0.1) is 11.6 Å². The molecular formula is C11H12Cl2O2. The maximum atomic E-state index is 11.7. The van der Waals surface area contributed by atoms with Gasteiger partial charge in [-0.1, -0.05) is 18.5 Å². The van der Waals surface area contributed by atoms with Crippen molar-refractivity contribution in [2.45, 2.75) is 18.7 Å². The predicted octanol–water partition coefficient (Wildman–Crippen LogP) is 3.55. The summed E-state index contributed by atoms with van der Waals surface area (Å²) in [5.41, 5.74) is 0.444. The number of hydrogen-bond donors (Lipinski definition) is 0. The molecule has 1 unspecified atom stereocenters. The molecule has 15 heavy (non-hydrogen) atoms. The van der Waals surface area contributed by atoms with Crippen LogP contribution in [0.3, 0.4) is 0 Å². The molecule has 82 valence electrons. The first-order valence-electron chi connectivity index (χ1n) is 4.62. The number of methoxy groups -OCH3 is 1. The van der Waals surface area contributed by atoms with Crippen LogP contribution >= 0.6 is 23.2 Å². The van der Waals surface area contributed by atoms with E-state index < -0.39 is 5.38 Å². The van der Waals surface area contributed by atoms with Gasteiger partial charge in [0, 0.05) is 5.56 Å². The van der Waals surface area contributed by atoms with Gasteiger partial charge in [0.1, 0.15) is 5.75 Å². The van der Waals surface area contributed by atoms with Gasteiger partial charge in [0.05, 0.1) is 17.5 Å². The second-order valence-corrected chi connectivity index (χ2v) is 4.02. The lowest BCUT2D eigenvalue weighted by atomic mass is 10.1. The Morgan fingerprint density at radius 1 is 1.53 bits per heavy atom. The minimum Gasteiger partial charge on any atom is -0.497 e. The fourth-order valence-corrected chi connectivity index (χ4v) is 1.56. The van der Waals surface area contributed by atoms with Gasteiger partial charge in [0.2, 0.25) is 0 Å². The molecule has 0 aliphatic heterocycles. The molecule has 0 spiro atoms. The minimum atomic E-state index is -0.518. The van der Waals surface area contributed by atoms with E-state index in [0.717, 1.165) is 0 Å². The van der Waals surface area contributed by atoms with Crippen LogP contribution in [-0.2, 0) is 0 Å². The van der Waals surface area contributed by atoms with Crippen LogP contribution in [0.25, 0.3) is 0 Å².